The first-order valence-electron chi connectivity index (χ1n) is 17.6. The van der Waals surface area contributed by atoms with Crippen LogP contribution in [0.4, 0.5) is 0 Å². The summed E-state index contributed by atoms with van der Waals surface area (Å²) < 4.78 is 0. The molecule has 10 aromatic rings. The van der Waals surface area contributed by atoms with Crippen molar-refractivity contribution in [1.82, 2.24) is 15.0 Å². The Hall–Kier alpha value is -6.97. The van der Waals surface area contributed by atoms with E-state index in [4.69, 9.17) is 15.0 Å². The van der Waals surface area contributed by atoms with Gasteiger partial charge in [0.2, 0.25) is 0 Å². The van der Waals surface area contributed by atoms with E-state index in [-0.39, 0.29) is 0 Å². The van der Waals surface area contributed by atoms with Crippen LogP contribution in [0.15, 0.2) is 188 Å². The molecule has 242 valence electrons. The first-order chi connectivity index (χ1) is 25.8. The maximum Gasteiger partial charge on any atom is 0.0972 e. The molecule has 10 rings (SSSR count). The maximum atomic E-state index is 5.39. The Morgan fingerprint density at radius 1 is 0.308 bits per heavy atom. The molecule has 7 aromatic carbocycles. The summed E-state index contributed by atoms with van der Waals surface area (Å²) in [6.07, 6.45) is 0. The fourth-order valence-corrected chi connectivity index (χ4v) is 7.54. The molecule has 0 saturated heterocycles. The lowest BCUT2D eigenvalue weighted by Crippen LogP contribution is -1.94. The molecule has 3 heteroatoms. The van der Waals surface area contributed by atoms with Crippen LogP contribution in [0, 0.1) is 0 Å². The Bertz CT molecular complexity index is 2940. The summed E-state index contributed by atoms with van der Waals surface area (Å²) in [5.74, 6) is 0. The Morgan fingerprint density at radius 3 is 1.52 bits per heavy atom. The minimum Gasteiger partial charge on any atom is -0.247 e. The van der Waals surface area contributed by atoms with Gasteiger partial charge in [0, 0.05) is 43.6 Å². The van der Waals surface area contributed by atoms with Gasteiger partial charge in [0.1, 0.15) is 0 Å². The van der Waals surface area contributed by atoms with Crippen LogP contribution in [0.25, 0.3) is 99.5 Å². The van der Waals surface area contributed by atoms with Crippen LogP contribution in [-0.4, -0.2) is 15.0 Å². The lowest BCUT2D eigenvalue weighted by molar-refractivity contribution is 1.36. The molecule has 3 heterocycles. The molecule has 52 heavy (non-hydrogen) atoms. The van der Waals surface area contributed by atoms with Gasteiger partial charge in [-0.25, -0.2) is 15.0 Å². The van der Waals surface area contributed by atoms with Gasteiger partial charge >= 0.3 is 0 Å². The van der Waals surface area contributed by atoms with Gasteiger partial charge in [0.05, 0.1) is 33.6 Å². The normalized spacial score (nSPS) is 11.5. The van der Waals surface area contributed by atoms with Crippen molar-refractivity contribution >= 4 is 43.5 Å². The summed E-state index contributed by atoms with van der Waals surface area (Å²) >= 11 is 0. The quantitative estimate of drug-likeness (QED) is 0.172. The highest BCUT2D eigenvalue weighted by Gasteiger charge is 2.18. The minimum absolute atomic E-state index is 0.889. The molecule has 0 aliphatic rings. The van der Waals surface area contributed by atoms with Crippen molar-refractivity contribution in [2.75, 3.05) is 0 Å². The summed E-state index contributed by atoms with van der Waals surface area (Å²) in [7, 11) is 0. The molecule has 0 aliphatic heterocycles. The van der Waals surface area contributed by atoms with Crippen molar-refractivity contribution in [3.05, 3.63) is 188 Å². The molecule has 3 aromatic heterocycles. The number of rotatable bonds is 5. The van der Waals surface area contributed by atoms with E-state index in [0.29, 0.717) is 0 Å². The molecule has 0 spiro atoms. The van der Waals surface area contributed by atoms with E-state index < -0.39 is 0 Å². The SMILES string of the molecule is c1ccc(-c2ccc3ccc4ccc(-c5ccc6c(c5)nc(-c5ccccc5)c5cccc(-c7ccccc7-c7ccccc7)c56)nc4c3n2)cc1. The predicted octanol–water partition coefficient (Wildman–Crippen LogP) is 12.8. The third-order valence-electron chi connectivity index (χ3n) is 10.1. The van der Waals surface area contributed by atoms with E-state index in [1.165, 1.54) is 27.6 Å². The largest absolute Gasteiger partial charge is 0.247 e. The summed E-state index contributed by atoms with van der Waals surface area (Å²) in [5.41, 5.74) is 13.5. The summed E-state index contributed by atoms with van der Waals surface area (Å²) in [6.45, 7) is 0. The zero-order valence-corrected chi connectivity index (χ0v) is 28.2. The smallest absolute Gasteiger partial charge is 0.0972 e. The van der Waals surface area contributed by atoms with E-state index in [1.807, 2.05) is 18.2 Å². The number of pyridine rings is 3. The van der Waals surface area contributed by atoms with Crippen LogP contribution in [0.1, 0.15) is 0 Å². The van der Waals surface area contributed by atoms with E-state index in [0.717, 1.165) is 71.9 Å². The highest BCUT2D eigenvalue weighted by atomic mass is 14.8. The molecule has 0 fully saturated rings. The molecule has 3 nitrogen and oxygen atoms in total. The van der Waals surface area contributed by atoms with Gasteiger partial charge < -0.3 is 0 Å². The fourth-order valence-electron chi connectivity index (χ4n) is 7.54. The molecule has 0 amide bonds. The molecule has 0 radical (unpaired) electrons. The summed E-state index contributed by atoms with van der Waals surface area (Å²) in [6, 6.07) is 66.2. The third-order valence-corrected chi connectivity index (χ3v) is 10.1. The van der Waals surface area contributed by atoms with Crippen LogP contribution in [-0.2, 0) is 0 Å². The molecular weight excluding hydrogens is 631 g/mol. The van der Waals surface area contributed by atoms with Crippen molar-refractivity contribution in [2.45, 2.75) is 0 Å². The number of aromatic nitrogens is 3. The highest BCUT2D eigenvalue weighted by Crippen LogP contribution is 2.42. The number of nitrogens with zero attached hydrogens (tertiary/aromatic N) is 3. The van der Waals surface area contributed by atoms with Gasteiger partial charge in [-0.3, -0.25) is 0 Å². The van der Waals surface area contributed by atoms with E-state index in [2.05, 4.69) is 170 Å². The maximum absolute atomic E-state index is 5.39. The topological polar surface area (TPSA) is 38.7 Å². The standard InChI is InChI=1S/C49H31N3/c1-4-13-32(14-5-1)38-19-10-11-20-39(38)40-21-12-22-42-46(40)41-28-25-37(31-45(41)52-47(42)34-17-8-3-9-18-34)44-30-27-36-24-23-35-26-29-43(33-15-6-2-7-16-33)50-48(35)49(36)51-44/h1-31H. The fraction of sp³-hybridized carbons (Fsp3) is 0. The summed E-state index contributed by atoms with van der Waals surface area (Å²) in [4.78, 5) is 15.8. The third kappa shape index (κ3) is 5.10. The average molecular weight is 662 g/mol. The average Bonchev–Trinajstić information content (AvgIpc) is 3.23. The zero-order chi connectivity index (χ0) is 34.4. The van der Waals surface area contributed by atoms with Gasteiger partial charge in [-0.05, 0) is 40.5 Å². The minimum atomic E-state index is 0.889. The molecule has 0 bridgehead atoms. The predicted molar refractivity (Wildman–Crippen MR) is 217 cm³/mol. The van der Waals surface area contributed by atoms with Gasteiger partial charge in [0.25, 0.3) is 0 Å². The van der Waals surface area contributed by atoms with Crippen molar-refractivity contribution in [1.29, 1.82) is 0 Å². The lowest BCUT2D eigenvalue weighted by atomic mass is 9.88. The monoisotopic (exact) mass is 661 g/mol. The number of hydrogen-bond acceptors (Lipinski definition) is 3. The van der Waals surface area contributed by atoms with Gasteiger partial charge in [0.15, 0.2) is 0 Å². The summed E-state index contributed by atoms with van der Waals surface area (Å²) in [5, 5.41) is 5.56. The van der Waals surface area contributed by atoms with Crippen molar-refractivity contribution < 1.29 is 0 Å². The molecule has 0 saturated carbocycles. The van der Waals surface area contributed by atoms with Crippen molar-refractivity contribution in [3.8, 4) is 56.0 Å². The number of fused-ring (bicyclic) bond motifs is 6. The highest BCUT2D eigenvalue weighted by molar-refractivity contribution is 6.18. The lowest BCUT2D eigenvalue weighted by Gasteiger charge is -2.17. The van der Waals surface area contributed by atoms with Crippen LogP contribution in [0.5, 0.6) is 0 Å². The van der Waals surface area contributed by atoms with E-state index in [1.54, 1.807) is 0 Å². The van der Waals surface area contributed by atoms with Crippen LogP contribution >= 0.6 is 0 Å². The molecule has 0 aliphatic carbocycles. The molecule has 0 atom stereocenters. The van der Waals surface area contributed by atoms with Gasteiger partial charge in [-0.15, -0.1) is 0 Å². The van der Waals surface area contributed by atoms with Crippen LogP contribution in [0.3, 0.4) is 0 Å². The number of hydrogen-bond donors (Lipinski definition) is 0. The first-order valence-corrected chi connectivity index (χ1v) is 17.6. The van der Waals surface area contributed by atoms with E-state index in [9.17, 15) is 0 Å². The second-order valence-electron chi connectivity index (χ2n) is 13.2. The first kappa shape index (κ1) is 29.9. The van der Waals surface area contributed by atoms with Gasteiger partial charge in [-0.2, -0.15) is 0 Å². The van der Waals surface area contributed by atoms with Crippen LogP contribution < -0.4 is 0 Å². The molecular formula is C49H31N3. The van der Waals surface area contributed by atoms with Crippen molar-refractivity contribution in [3.63, 3.8) is 0 Å². The second kappa shape index (κ2) is 12.4. The number of benzene rings is 7. The zero-order valence-electron chi connectivity index (χ0n) is 28.2. The Kier molecular flexibility index (Phi) is 7.14. The van der Waals surface area contributed by atoms with Crippen LogP contribution in [0.2, 0.25) is 0 Å². The second-order valence-corrected chi connectivity index (χ2v) is 13.2. The van der Waals surface area contributed by atoms with E-state index >= 15 is 0 Å². The van der Waals surface area contributed by atoms with Crippen molar-refractivity contribution in [2.24, 2.45) is 0 Å². The molecule has 0 unspecified atom stereocenters. The molecule has 0 N–H and O–H groups in total. The Balaban J connectivity index is 1.20. The Morgan fingerprint density at radius 2 is 0.846 bits per heavy atom. The Labute approximate surface area is 301 Å². The van der Waals surface area contributed by atoms with Gasteiger partial charge in [-0.1, -0.05) is 170 Å².